The number of esters is 1. The number of aliphatic hydroxyl groups excluding tert-OH is 2. The minimum atomic E-state index is -0.863. The number of allylic oxidation sites excluding steroid dienone is 5. The van der Waals surface area contributed by atoms with Crippen LogP contribution in [0.15, 0.2) is 36.5 Å². The van der Waals surface area contributed by atoms with Crippen LogP contribution in [0, 0.1) is 0 Å². The first-order chi connectivity index (χ1) is 30.5. The second-order valence-electron chi connectivity index (χ2n) is 18.5. The Morgan fingerprint density at radius 2 is 0.758 bits per heavy atom. The van der Waals surface area contributed by atoms with Crippen molar-refractivity contribution in [2.24, 2.45) is 0 Å². The number of carbonyl (C=O) groups excluding carboxylic acids is 2. The first kappa shape index (κ1) is 60.1. The third-order valence-corrected chi connectivity index (χ3v) is 12.4. The normalized spacial score (nSPS) is 12.9. The highest BCUT2D eigenvalue weighted by atomic mass is 16.5. The summed E-state index contributed by atoms with van der Waals surface area (Å²) in [6, 6.07) is -0.649. The second kappa shape index (κ2) is 51.7. The summed E-state index contributed by atoms with van der Waals surface area (Å²) < 4.78 is 5.44. The van der Waals surface area contributed by atoms with E-state index in [1.165, 1.54) is 186 Å². The predicted octanol–water partition coefficient (Wildman–Crippen LogP) is 16.5. The van der Waals surface area contributed by atoms with Gasteiger partial charge in [0.2, 0.25) is 5.91 Å². The van der Waals surface area contributed by atoms with E-state index in [0.717, 1.165) is 70.6 Å². The van der Waals surface area contributed by atoms with Gasteiger partial charge in [-0.15, -0.1) is 0 Å². The van der Waals surface area contributed by atoms with Gasteiger partial charge in [0.25, 0.3) is 0 Å². The summed E-state index contributed by atoms with van der Waals surface area (Å²) in [4.78, 5) is 24.4. The first-order valence-corrected chi connectivity index (χ1v) is 27.3. The van der Waals surface area contributed by atoms with Crippen LogP contribution in [-0.4, -0.2) is 47.4 Å². The number of amides is 1. The van der Waals surface area contributed by atoms with Gasteiger partial charge in [0.1, 0.15) is 0 Å². The van der Waals surface area contributed by atoms with Crippen LogP contribution in [0.1, 0.15) is 284 Å². The highest BCUT2D eigenvalue weighted by molar-refractivity contribution is 5.76. The lowest BCUT2D eigenvalue weighted by Crippen LogP contribution is -2.45. The lowest BCUT2D eigenvalue weighted by molar-refractivity contribution is -0.143. The number of ether oxygens (including phenoxy) is 1. The molecule has 3 N–H and O–H groups in total. The smallest absolute Gasteiger partial charge is 0.305 e. The molecule has 364 valence electrons. The molecule has 2 atom stereocenters. The average molecular weight is 872 g/mol. The first-order valence-electron chi connectivity index (χ1n) is 27.3. The molecule has 0 radical (unpaired) electrons. The molecule has 0 fully saturated rings. The van der Waals surface area contributed by atoms with Crippen molar-refractivity contribution >= 4 is 11.9 Å². The number of nitrogens with one attached hydrogen (secondary N) is 1. The van der Waals surface area contributed by atoms with E-state index in [1.54, 1.807) is 6.08 Å². The third kappa shape index (κ3) is 47.6. The number of hydrogen-bond donors (Lipinski definition) is 3. The van der Waals surface area contributed by atoms with Gasteiger partial charge < -0.3 is 20.3 Å². The van der Waals surface area contributed by atoms with Crippen molar-refractivity contribution in [3.63, 3.8) is 0 Å². The highest BCUT2D eigenvalue weighted by Crippen LogP contribution is 2.16. The van der Waals surface area contributed by atoms with Gasteiger partial charge in [-0.3, -0.25) is 9.59 Å². The summed E-state index contributed by atoms with van der Waals surface area (Å²) in [6.45, 7) is 4.84. The van der Waals surface area contributed by atoms with Crippen LogP contribution in [0.4, 0.5) is 0 Å². The molecular weight excluding hydrogens is 767 g/mol. The van der Waals surface area contributed by atoms with Gasteiger partial charge in [-0.1, -0.05) is 224 Å². The topological polar surface area (TPSA) is 95.9 Å². The molecule has 0 heterocycles. The van der Waals surface area contributed by atoms with E-state index < -0.39 is 12.1 Å². The Labute approximate surface area is 385 Å². The maximum Gasteiger partial charge on any atom is 0.305 e. The zero-order valence-electron chi connectivity index (χ0n) is 41.4. The standard InChI is InChI=1S/C56H105NO5/c1-3-5-7-9-11-13-15-17-18-19-20-21-22-23-25-28-32-36-40-44-48-54(59)53(52-58)57-55(60)49-45-41-37-33-29-26-24-27-31-35-39-43-47-51-62-56(61)50-46-42-38-34-30-16-14-12-10-8-6-4-2/h12,14,26,29,44,48,53-54,58-59H,3-11,13,15-25,27-28,30-43,45-47,49-52H2,1-2H3,(H,57,60)/b14-12-,29-26-,48-44+. The Balaban J connectivity index is 3.55. The lowest BCUT2D eigenvalue weighted by atomic mass is 10.0. The van der Waals surface area contributed by atoms with Crippen LogP contribution in [0.5, 0.6) is 0 Å². The highest BCUT2D eigenvalue weighted by Gasteiger charge is 2.18. The molecule has 1 amide bonds. The molecule has 6 heteroatoms. The average Bonchev–Trinajstić information content (AvgIpc) is 3.27. The van der Waals surface area contributed by atoms with E-state index in [2.05, 4.69) is 43.5 Å². The quantitative estimate of drug-likeness (QED) is 0.0321. The van der Waals surface area contributed by atoms with E-state index in [-0.39, 0.29) is 18.5 Å². The molecule has 0 aromatic heterocycles. The summed E-state index contributed by atoms with van der Waals surface area (Å²) >= 11 is 0. The summed E-state index contributed by atoms with van der Waals surface area (Å²) in [5.74, 6) is -0.121. The summed E-state index contributed by atoms with van der Waals surface area (Å²) in [5.41, 5.74) is 0. The van der Waals surface area contributed by atoms with Crippen molar-refractivity contribution in [1.82, 2.24) is 5.32 Å². The van der Waals surface area contributed by atoms with Crippen LogP contribution in [0.2, 0.25) is 0 Å². The zero-order valence-corrected chi connectivity index (χ0v) is 41.4. The molecule has 6 nitrogen and oxygen atoms in total. The summed E-state index contributed by atoms with van der Waals surface area (Å²) in [6.07, 6.45) is 62.9. The largest absolute Gasteiger partial charge is 0.466 e. The van der Waals surface area contributed by atoms with E-state index in [0.29, 0.717) is 19.4 Å². The molecule has 0 aliphatic carbocycles. The van der Waals surface area contributed by atoms with Crippen molar-refractivity contribution in [1.29, 1.82) is 0 Å². The monoisotopic (exact) mass is 872 g/mol. The van der Waals surface area contributed by atoms with Crippen molar-refractivity contribution in [2.75, 3.05) is 13.2 Å². The molecule has 62 heavy (non-hydrogen) atoms. The minimum absolute atomic E-state index is 0.0243. The summed E-state index contributed by atoms with van der Waals surface area (Å²) in [7, 11) is 0. The van der Waals surface area contributed by atoms with Gasteiger partial charge in [-0.2, -0.15) is 0 Å². The van der Waals surface area contributed by atoms with Gasteiger partial charge in [0, 0.05) is 12.8 Å². The van der Waals surface area contributed by atoms with Crippen LogP contribution in [0.25, 0.3) is 0 Å². The number of unbranched alkanes of at least 4 members (excludes halogenated alkanes) is 35. The number of aliphatic hydroxyl groups is 2. The zero-order chi connectivity index (χ0) is 45.1. The summed E-state index contributed by atoms with van der Waals surface area (Å²) in [5, 5.41) is 23.1. The maximum absolute atomic E-state index is 12.4. The van der Waals surface area contributed by atoms with Crippen molar-refractivity contribution < 1.29 is 24.5 Å². The lowest BCUT2D eigenvalue weighted by Gasteiger charge is -2.19. The molecule has 0 rings (SSSR count). The van der Waals surface area contributed by atoms with Gasteiger partial charge in [0.05, 0.1) is 25.4 Å². The van der Waals surface area contributed by atoms with E-state index in [1.807, 2.05) is 6.08 Å². The van der Waals surface area contributed by atoms with Crippen LogP contribution >= 0.6 is 0 Å². The molecule has 2 unspecified atom stereocenters. The fraction of sp³-hybridized carbons (Fsp3) is 0.857. The molecule has 0 saturated carbocycles. The van der Waals surface area contributed by atoms with Crippen LogP contribution < -0.4 is 5.32 Å². The minimum Gasteiger partial charge on any atom is -0.466 e. The fourth-order valence-electron chi connectivity index (χ4n) is 8.15. The van der Waals surface area contributed by atoms with Gasteiger partial charge in [0.15, 0.2) is 0 Å². The second-order valence-corrected chi connectivity index (χ2v) is 18.5. The van der Waals surface area contributed by atoms with Gasteiger partial charge >= 0.3 is 5.97 Å². The van der Waals surface area contributed by atoms with Crippen molar-refractivity contribution in [3.8, 4) is 0 Å². The SMILES string of the molecule is CCCCC/C=C\CCCCCCCC(=O)OCCCCCCCC/C=C\CCCCCC(=O)NC(CO)C(O)/C=C/CCCCCCCCCCCCCCCCCCCC. The van der Waals surface area contributed by atoms with Crippen molar-refractivity contribution in [2.45, 2.75) is 296 Å². The van der Waals surface area contributed by atoms with E-state index in [4.69, 9.17) is 4.74 Å². The predicted molar refractivity (Wildman–Crippen MR) is 269 cm³/mol. The Morgan fingerprint density at radius 1 is 0.435 bits per heavy atom. The Hall–Kier alpha value is -1.92. The van der Waals surface area contributed by atoms with E-state index in [9.17, 15) is 19.8 Å². The Kier molecular flexibility index (Phi) is 50.1. The Morgan fingerprint density at radius 3 is 1.19 bits per heavy atom. The third-order valence-electron chi connectivity index (χ3n) is 12.4. The number of hydrogen-bond acceptors (Lipinski definition) is 5. The molecule has 0 spiro atoms. The number of carbonyl (C=O) groups is 2. The molecule has 0 aliphatic rings. The molecule has 0 aliphatic heterocycles. The van der Waals surface area contributed by atoms with Gasteiger partial charge in [-0.25, -0.2) is 0 Å². The maximum atomic E-state index is 12.4. The van der Waals surface area contributed by atoms with Crippen LogP contribution in [-0.2, 0) is 14.3 Å². The molecule has 0 bridgehead atoms. The van der Waals surface area contributed by atoms with Crippen molar-refractivity contribution in [3.05, 3.63) is 36.5 Å². The number of rotatable bonds is 50. The molecule has 0 aromatic rings. The van der Waals surface area contributed by atoms with E-state index >= 15 is 0 Å². The molecular formula is C56H105NO5. The fourth-order valence-corrected chi connectivity index (χ4v) is 8.15. The molecule has 0 aromatic carbocycles. The van der Waals surface area contributed by atoms with Gasteiger partial charge in [-0.05, 0) is 83.5 Å². The Bertz CT molecular complexity index is 1010. The van der Waals surface area contributed by atoms with Crippen LogP contribution in [0.3, 0.4) is 0 Å². The molecule has 0 saturated heterocycles.